The lowest BCUT2D eigenvalue weighted by Gasteiger charge is -2.23. The lowest BCUT2D eigenvalue weighted by atomic mass is 10.1. The number of hydrogen-bond donors (Lipinski definition) is 1. The highest BCUT2D eigenvalue weighted by atomic mass is 16.2. The standard InChI is InChI=1S/C14H14N2O3/c17-12-11(7-3-4-8-15-12)16-13(18)9-5-1-2-6-10(9)14(16)19/h1-2,5-6,11H,3-4,7-8H2,(H,15,17). The molecule has 1 fully saturated rings. The van der Waals surface area contributed by atoms with Gasteiger partial charge in [-0.1, -0.05) is 12.1 Å². The zero-order chi connectivity index (χ0) is 13.4. The van der Waals surface area contributed by atoms with Gasteiger partial charge in [0.1, 0.15) is 6.04 Å². The van der Waals surface area contributed by atoms with E-state index in [1.807, 2.05) is 0 Å². The summed E-state index contributed by atoms with van der Waals surface area (Å²) >= 11 is 0. The number of fused-ring (bicyclic) bond motifs is 1. The third-order valence-electron chi connectivity index (χ3n) is 3.64. The first-order chi connectivity index (χ1) is 9.20. The molecule has 1 atom stereocenters. The van der Waals surface area contributed by atoms with Gasteiger partial charge in [0.25, 0.3) is 11.8 Å². The minimum atomic E-state index is -0.671. The molecule has 2 aliphatic heterocycles. The summed E-state index contributed by atoms with van der Waals surface area (Å²) in [7, 11) is 0. The van der Waals surface area contributed by atoms with E-state index < -0.39 is 6.04 Å². The Morgan fingerprint density at radius 2 is 1.63 bits per heavy atom. The Labute approximate surface area is 110 Å². The molecular formula is C14H14N2O3. The predicted molar refractivity (Wildman–Crippen MR) is 67.6 cm³/mol. The molecule has 3 rings (SSSR count). The molecule has 0 saturated carbocycles. The van der Waals surface area contributed by atoms with Crippen LogP contribution in [0.1, 0.15) is 40.0 Å². The maximum atomic E-state index is 12.3. The van der Waals surface area contributed by atoms with Gasteiger partial charge in [0, 0.05) is 6.54 Å². The topological polar surface area (TPSA) is 66.5 Å². The fourth-order valence-electron chi connectivity index (χ4n) is 2.66. The van der Waals surface area contributed by atoms with Crippen molar-refractivity contribution in [3.63, 3.8) is 0 Å². The second-order valence-electron chi connectivity index (χ2n) is 4.83. The lowest BCUT2D eigenvalue weighted by Crippen LogP contribution is -2.48. The molecule has 0 radical (unpaired) electrons. The number of benzene rings is 1. The normalized spacial score (nSPS) is 23.1. The van der Waals surface area contributed by atoms with E-state index in [1.54, 1.807) is 24.3 Å². The van der Waals surface area contributed by atoms with Crippen LogP contribution in [0.2, 0.25) is 0 Å². The molecule has 2 heterocycles. The maximum Gasteiger partial charge on any atom is 0.262 e. The average molecular weight is 258 g/mol. The molecule has 5 heteroatoms. The van der Waals surface area contributed by atoms with E-state index >= 15 is 0 Å². The van der Waals surface area contributed by atoms with Crippen molar-refractivity contribution >= 4 is 17.7 Å². The largest absolute Gasteiger partial charge is 0.354 e. The molecule has 19 heavy (non-hydrogen) atoms. The number of rotatable bonds is 1. The molecule has 3 amide bonds. The zero-order valence-corrected chi connectivity index (χ0v) is 10.4. The quantitative estimate of drug-likeness (QED) is 0.763. The Bertz CT molecular complexity index is 533. The fourth-order valence-corrected chi connectivity index (χ4v) is 2.66. The van der Waals surface area contributed by atoms with Gasteiger partial charge in [-0.15, -0.1) is 0 Å². The Balaban J connectivity index is 1.97. The first-order valence-corrected chi connectivity index (χ1v) is 6.45. The van der Waals surface area contributed by atoms with E-state index in [0.717, 1.165) is 17.7 Å². The van der Waals surface area contributed by atoms with Crippen LogP contribution in [0.4, 0.5) is 0 Å². The van der Waals surface area contributed by atoms with Gasteiger partial charge >= 0.3 is 0 Å². The highest BCUT2D eigenvalue weighted by Crippen LogP contribution is 2.26. The van der Waals surface area contributed by atoms with Crippen molar-refractivity contribution in [2.45, 2.75) is 25.3 Å². The first kappa shape index (κ1) is 11.9. The van der Waals surface area contributed by atoms with Crippen LogP contribution in [-0.2, 0) is 4.79 Å². The first-order valence-electron chi connectivity index (χ1n) is 6.45. The van der Waals surface area contributed by atoms with Gasteiger partial charge in [-0.2, -0.15) is 0 Å². The van der Waals surface area contributed by atoms with Crippen LogP contribution in [0.25, 0.3) is 0 Å². The van der Waals surface area contributed by atoms with Crippen molar-refractivity contribution in [2.24, 2.45) is 0 Å². The van der Waals surface area contributed by atoms with Crippen LogP contribution >= 0.6 is 0 Å². The summed E-state index contributed by atoms with van der Waals surface area (Å²) in [6.07, 6.45) is 2.25. The highest BCUT2D eigenvalue weighted by Gasteiger charge is 2.42. The molecule has 0 spiro atoms. The summed E-state index contributed by atoms with van der Waals surface area (Å²) in [5, 5.41) is 2.75. The molecule has 1 aromatic carbocycles. The number of imide groups is 1. The lowest BCUT2D eigenvalue weighted by molar-refractivity contribution is -0.124. The van der Waals surface area contributed by atoms with Crippen molar-refractivity contribution in [1.29, 1.82) is 0 Å². The van der Waals surface area contributed by atoms with Gasteiger partial charge in [-0.3, -0.25) is 19.3 Å². The fraction of sp³-hybridized carbons (Fsp3) is 0.357. The van der Waals surface area contributed by atoms with Gasteiger partial charge in [-0.05, 0) is 31.4 Å². The Kier molecular flexibility index (Phi) is 2.81. The zero-order valence-electron chi connectivity index (χ0n) is 10.4. The molecular weight excluding hydrogens is 244 g/mol. The number of nitrogens with zero attached hydrogens (tertiary/aromatic N) is 1. The number of nitrogens with one attached hydrogen (secondary N) is 1. The van der Waals surface area contributed by atoms with Crippen LogP contribution in [0.15, 0.2) is 24.3 Å². The molecule has 1 saturated heterocycles. The van der Waals surface area contributed by atoms with Crippen molar-refractivity contribution in [3.05, 3.63) is 35.4 Å². The summed E-state index contributed by atoms with van der Waals surface area (Å²) in [6, 6.07) is 6.03. The van der Waals surface area contributed by atoms with E-state index in [4.69, 9.17) is 0 Å². The second kappa shape index (κ2) is 4.50. The molecule has 98 valence electrons. The minimum absolute atomic E-state index is 0.230. The Hall–Kier alpha value is -2.17. The number of hydrogen-bond acceptors (Lipinski definition) is 3. The van der Waals surface area contributed by atoms with Crippen molar-refractivity contribution in [3.8, 4) is 0 Å². The van der Waals surface area contributed by atoms with E-state index in [1.165, 1.54) is 0 Å². The Morgan fingerprint density at radius 1 is 1.00 bits per heavy atom. The summed E-state index contributed by atoms with van der Waals surface area (Å²) in [5.41, 5.74) is 0.786. The van der Waals surface area contributed by atoms with Crippen LogP contribution < -0.4 is 5.32 Å². The molecule has 5 nitrogen and oxygen atoms in total. The van der Waals surface area contributed by atoms with E-state index in [0.29, 0.717) is 24.1 Å². The van der Waals surface area contributed by atoms with Gasteiger partial charge in [0.15, 0.2) is 0 Å². The van der Waals surface area contributed by atoms with Gasteiger partial charge in [-0.25, -0.2) is 0 Å². The number of amides is 3. The molecule has 1 unspecified atom stereocenters. The smallest absolute Gasteiger partial charge is 0.262 e. The van der Waals surface area contributed by atoms with Gasteiger partial charge < -0.3 is 5.32 Å². The van der Waals surface area contributed by atoms with Crippen molar-refractivity contribution in [1.82, 2.24) is 10.2 Å². The minimum Gasteiger partial charge on any atom is -0.354 e. The predicted octanol–water partition coefficient (Wildman–Crippen LogP) is 0.951. The summed E-state index contributed by atoms with van der Waals surface area (Å²) in [6.45, 7) is 0.610. The molecule has 1 N–H and O–H groups in total. The SMILES string of the molecule is O=C1NCCCCC1N1C(=O)c2ccccc2C1=O. The van der Waals surface area contributed by atoms with Crippen LogP contribution in [0.5, 0.6) is 0 Å². The van der Waals surface area contributed by atoms with Crippen molar-refractivity contribution in [2.75, 3.05) is 6.54 Å². The second-order valence-corrected chi connectivity index (χ2v) is 4.83. The number of carbonyl (C=O) groups is 3. The van der Waals surface area contributed by atoms with Crippen LogP contribution in [0, 0.1) is 0 Å². The monoisotopic (exact) mass is 258 g/mol. The van der Waals surface area contributed by atoms with E-state index in [9.17, 15) is 14.4 Å². The average Bonchev–Trinajstić information content (AvgIpc) is 2.57. The molecule has 2 aliphatic rings. The van der Waals surface area contributed by atoms with E-state index in [2.05, 4.69) is 5.32 Å². The van der Waals surface area contributed by atoms with Gasteiger partial charge in [0.2, 0.25) is 5.91 Å². The molecule has 0 bridgehead atoms. The molecule has 1 aromatic rings. The molecule has 0 aromatic heterocycles. The third-order valence-corrected chi connectivity index (χ3v) is 3.64. The summed E-state index contributed by atoms with van der Waals surface area (Å²) in [4.78, 5) is 37.7. The van der Waals surface area contributed by atoms with E-state index in [-0.39, 0.29) is 17.7 Å². The van der Waals surface area contributed by atoms with Crippen LogP contribution in [0.3, 0.4) is 0 Å². The van der Waals surface area contributed by atoms with Crippen LogP contribution in [-0.4, -0.2) is 35.2 Å². The summed E-state index contributed by atoms with van der Waals surface area (Å²) < 4.78 is 0. The van der Waals surface area contributed by atoms with Gasteiger partial charge in [0.05, 0.1) is 11.1 Å². The number of carbonyl (C=O) groups excluding carboxylic acids is 3. The highest BCUT2D eigenvalue weighted by molar-refractivity contribution is 6.22. The molecule has 0 aliphatic carbocycles. The van der Waals surface area contributed by atoms with Crippen molar-refractivity contribution < 1.29 is 14.4 Å². The maximum absolute atomic E-state index is 12.3. The Morgan fingerprint density at radius 3 is 2.26 bits per heavy atom. The summed E-state index contributed by atoms with van der Waals surface area (Å²) in [5.74, 6) is -0.947. The third kappa shape index (κ3) is 1.82.